The van der Waals surface area contributed by atoms with E-state index in [4.69, 9.17) is 0 Å². The predicted molar refractivity (Wildman–Crippen MR) is 84.5 cm³/mol. The summed E-state index contributed by atoms with van der Waals surface area (Å²) in [4.78, 5) is 20.2. The van der Waals surface area contributed by atoms with Crippen molar-refractivity contribution in [3.8, 4) is 0 Å². The van der Waals surface area contributed by atoms with Gasteiger partial charge in [-0.25, -0.2) is 4.98 Å². The number of nitrogens with one attached hydrogen (secondary N) is 1. The van der Waals surface area contributed by atoms with Gasteiger partial charge >= 0.3 is 0 Å². The van der Waals surface area contributed by atoms with Crippen LogP contribution in [-0.4, -0.2) is 25.4 Å². The number of carbonyl (C=O) groups excluding carboxylic acids is 1. The maximum Gasteiger partial charge on any atom is 0.254 e. The number of ketones is 1. The van der Waals surface area contributed by atoms with E-state index in [-0.39, 0.29) is 5.78 Å². The molecular weight excluding hydrogens is 278 g/mol. The summed E-state index contributed by atoms with van der Waals surface area (Å²) < 4.78 is 1.64. The Labute approximate surface area is 128 Å². The fourth-order valence-corrected chi connectivity index (χ4v) is 2.28. The lowest BCUT2D eigenvalue weighted by Gasteiger charge is -2.09. The van der Waals surface area contributed by atoms with Crippen LogP contribution < -0.4 is 5.32 Å². The predicted octanol–water partition coefficient (Wildman–Crippen LogP) is 3.16. The van der Waals surface area contributed by atoms with Crippen LogP contribution in [0.5, 0.6) is 0 Å². The number of anilines is 2. The van der Waals surface area contributed by atoms with Gasteiger partial charge in [0.05, 0.1) is 0 Å². The molecule has 0 amide bonds. The summed E-state index contributed by atoms with van der Waals surface area (Å²) in [5.74, 6) is 1.51. The van der Waals surface area contributed by atoms with Crippen molar-refractivity contribution in [1.82, 2.24) is 19.6 Å². The molecule has 6 nitrogen and oxygen atoms in total. The average molecular weight is 295 g/mol. The smallest absolute Gasteiger partial charge is 0.254 e. The first-order valence-corrected chi connectivity index (χ1v) is 7.25. The van der Waals surface area contributed by atoms with Crippen molar-refractivity contribution < 1.29 is 4.79 Å². The van der Waals surface area contributed by atoms with Crippen LogP contribution in [0.3, 0.4) is 0 Å². The maximum absolute atomic E-state index is 11.8. The Morgan fingerprint density at radius 2 is 2.05 bits per heavy atom. The summed E-state index contributed by atoms with van der Waals surface area (Å²) in [6, 6.07) is 9.36. The molecule has 3 aromatic rings. The van der Waals surface area contributed by atoms with Gasteiger partial charge in [0.2, 0.25) is 0 Å². The minimum atomic E-state index is 0.174. The first-order chi connectivity index (χ1) is 10.7. The summed E-state index contributed by atoms with van der Waals surface area (Å²) in [6.45, 7) is 3.91. The van der Waals surface area contributed by atoms with Crippen molar-refractivity contribution >= 4 is 23.1 Å². The summed E-state index contributed by atoms with van der Waals surface area (Å²) in [5, 5.41) is 7.43. The van der Waals surface area contributed by atoms with Crippen molar-refractivity contribution in [2.75, 3.05) is 5.32 Å². The van der Waals surface area contributed by atoms with Gasteiger partial charge in [-0.15, -0.1) is 0 Å². The molecule has 2 heterocycles. The van der Waals surface area contributed by atoms with E-state index in [0.29, 0.717) is 12.2 Å². The number of aromatic nitrogens is 4. The average Bonchev–Trinajstić information content (AvgIpc) is 2.96. The molecule has 6 heteroatoms. The van der Waals surface area contributed by atoms with E-state index in [1.807, 2.05) is 44.2 Å². The van der Waals surface area contributed by atoms with Gasteiger partial charge in [-0.3, -0.25) is 4.79 Å². The zero-order valence-corrected chi connectivity index (χ0v) is 12.6. The Hall–Kier alpha value is -2.76. The molecule has 0 unspecified atom stereocenters. The molecule has 1 N–H and O–H groups in total. The Morgan fingerprint density at radius 1 is 1.27 bits per heavy atom. The second-order valence-corrected chi connectivity index (χ2v) is 5.13. The molecule has 0 saturated heterocycles. The number of aryl methyl sites for hydroxylation is 1. The minimum Gasteiger partial charge on any atom is -0.340 e. The first kappa shape index (κ1) is 14.2. The normalized spacial score (nSPS) is 10.8. The quantitative estimate of drug-likeness (QED) is 0.732. The zero-order chi connectivity index (χ0) is 15.5. The van der Waals surface area contributed by atoms with Crippen LogP contribution in [0.4, 0.5) is 11.5 Å². The van der Waals surface area contributed by atoms with E-state index in [0.717, 1.165) is 29.2 Å². The van der Waals surface area contributed by atoms with E-state index >= 15 is 0 Å². The monoisotopic (exact) mass is 295 g/mol. The van der Waals surface area contributed by atoms with Gasteiger partial charge in [0.15, 0.2) is 5.78 Å². The van der Waals surface area contributed by atoms with Crippen molar-refractivity contribution in [3.63, 3.8) is 0 Å². The highest BCUT2D eigenvalue weighted by Crippen LogP contribution is 2.18. The summed E-state index contributed by atoms with van der Waals surface area (Å²) in [6.07, 6.45) is 2.91. The number of carbonyl (C=O) groups is 1. The SMILES string of the molecule is CCCC(=O)c1ccc(Nc2cc(C)nc3ncnn23)cc1. The molecule has 3 rings (SSSR count). The lowest BCUT2D eigenvalue weighted by molar-refractivity contribution is 0.0982. The van der Waals surface area contributed by atoms with Crippen LogP contribution in [0, 0.1) is 6.92 Å². The Morgan fingerprint density at radius 3 is 2.77 bits per heavy atom. The van der Waals surface area contributed by atoms with Gasteiger partial charge in [-0.1, -0.05) is 6.92 Å². The number of benzene rings is 1. The molecule has 0 fully saturated rings. The van der Waals surface area contributed by atoms with E-state index in [9.17, 15) is 4.79 Å². The number of nitrogens with zero attached hydrogens (tertiary/aromatic N) is 4. The lowest BCUT2D eigenvalue weighted by Crippen LogP contribution is -2.03. The third-order valence-electron chi connectivity index (χ3n) is 3.34. The van der Waals surface area contributed by atoms with E-state index in [1.54, 1.807) is 4.52 Å². The lowest BCUT2D eigenvalue weighted by atomic mass is 10.1. The largest absolute Gasteiger partial charge is 0.340 e. The summed E-state index contributed by atoms with van der Waals surface area (Å²) in [7, 11) is 0. The van der Waals surface area contributed by atoms with Crippen molar-refractivity contribution in [3.05, 3.63) is 47.9 Å². The molecule has 0 aliphatic carbocycles. The van der Waals surface area contributed by atoms with Crippen molar-refractivity contribution in [1.29, 1.82) is 0 Å². The molecule has 0 aliphatic rings. The molecule has 0 radical (unpaired) electrons. The van der Waals surface area contributed by atoms with Crippen LogP contribution in [0.15, 0.2) is 36.7 Å². The summed E-state index contributed by atoms with van der Waals surface area (Å²) in [5.41, 5.74) is 2.48. The fourth-order valence-electron chi connectivity index (χ4n) is 2.28. The van der Waals surface area contributed by atoms with E-state index in [2.05, 4.69) is 20.4 Å². The number of Topliss-reactive ketones (excluding diaryl/α,β-unsaturated/α-hetero) is 1. The highest BCUT2D eigenvalue weighted by molar-refractivity contribution is 5.96. The zero-order valence-electron chi connectivity index (χ0n) is 12.6. The van der Waals surface area contributed by atoms with Crippen LogP contribution in [0.2, 0.25) is 0 Å². The maximum atomic E-state index is 11.8. The highest BCUT2D eigenvalue weighted by atomic mass is 16.1. The number of rotatable bonds is 5. The van der Waals surface area contributed by atoms with Crippen LogP contribution >= 0.6 is 0 Å². The standard InChI is InChI=1S/C16H17N5O/c1-3-4-14(22)12-5-7-13(8-6-12)20-15-9-11(2)19-16-17-10-18-21(15)16/h5-10,20H,3-4H2,1-2H3. The molecule has 1 aromatic carbocycles. The van der Waals surface area contributed by atoms with Gasteiger partial charge in [-0.2, -0.15) is 14.6 Å². The second kappa shape index (κ2) is 5.93. The molecule has 0 aliphatic heterocycles. The van der Waals surface area contributed by atoms with Crippen LogP contribution in [0.1, 0.15) is 35.8 Å². The van der Waals surface area contributed by atoms with Gasteiger partial charge in [0.1, 0.15) is 12.1 Å². The number of fused-ring (bicyclic) bond motifs is 1. The van der Waals surface area contributed by atoms with Gasteiger partial charge in [0, 0.05) is 29.4 Å². The Bertz CT molecular complexity index is 807. The van der Waals surface area contributed by atoms with Crippen molar-refractivity contribution in [2.24, 2.45) is 0 Å². The number of hydrogen-bond donors (Lipinski definition) is 1. The highest BCUT2D eigenvalue weighted by Gasteiger charge is 2.07. The molecular formula is C16H17N5O. The van der Waals surface area contributed by atoms with E-state index < -0.39 is 0 Å². The van der Waals surface area contributed by atoms with Gasteiger partial charge < -0.3 is 5.32 Å². The van der Waals surface area contributed by atoms with Gasteiger partial charge in [-0.05, 0) is 37.6 Å². The fraction of sp³-hybridized carbons (Fsp3) is 0.250. The molecule has 2 aromatic heterocycles. The topological polar surface area (TPSA) is 72.2 Å². The third kappa shape index (κ3) is 2.81. The van der Waals surface area contributed by atoms with Crippen LogP contribution in [0.25, 0.3) is 5.78 Å². The first-order valence-electron chi connectivity index (χ1n) is 7.25. The number of hydrogen-bond acceptors (Lipinski definition) is 5. The Kier molecular flexibility index (Phi) is 3.82. The Balaban J connectivity index is 1.86. The molecule has 0 atom stereocenters. The van der Waals surface area contributed by atoms with Crippen molar-refractivity contribution in [2.45, 2.75) is 26.7 Å². The molecule has 112 valence electrons. The molecule has 0 saturated carbocycles. The van der Waals surface area contributed by atoms with E-state index in [1.165, 1.54) is 6.33 Å². The second-order valence-electron chi connectivity index (χ2n) is 5.13. The summed E-state index contributed by atoms with van der Waals surface area (Å²) >= 11 is 0. The molecule has 22 heavy (non-hydrogen) atoms. The minimum absolute atomic E-state index is 0.174. The molecule has 0 spiro atoms. The molecule has 0 bridgehead atoms. The van der Waals surface area contributed by atoms with Crippen LogP contribution in [-0.2, 0) is 0 Å². The third-order valence-corrected chi connectivity index (χ3v) is 3.34. The van der Waals surface area contributed by atoms with Gasteiger partial charge in [0.25, 0.3) is 5.78 Å².